The van der Waals surface area contributed by atoms with E-state index in [0.29, 0.717) is 24.7 Å². The Bertz CT molecular complexity index is 294. The van der Waals surface area contributed by atoms with Gasteiger partial charge in [0.05, 0.1) is 6.61 Å². The zero-order chi connectivity index (χ0) is 9.84. The van der Waals surface area contributed by atoms with E-state index in [1.807, 2.05) is 20.8 Å². The molecule has 5 heteroatoms. The molecule has 0 atom stereocenters. The average Bonchev–Trinajstić information content (AvgIpc) is 2.48. The first kappa shape index (κ1) is 9.70. The van der Waals surface area contributed by atoms with Gasteiger partial charge < -0.3 is 4.74 Å². The van der Waals surface area contributed by atoms with Gasteiger partial charge in [0.2, 0.25) is 0 Å². The van der Waals surface area contributed by atoms with Gasteiger partial charge in [-0.25, -0.2) is 0 Å². The molecule has 0 fully saturated rings. The Morgan fingerprint density at radius 2 is 2.23 bits per heavy atom. The van der Waals surface area contributed by atoms with E-state index >= 15 is 0 Å². The highest BCUT2D eigenvalue weighted by molar-refractivity contribution is 5.69. The number of nitrogens with zero attached hydrogens (tertiary/aromatic N) is 3. The Morgan fingerprint density at radius 1 is 1.54 bits per heavy atom. The van der Waals surface area contributed by atoms with Gasteiger partial charge >= 0.3 is 6.01 Å². The minimum absolute atomic E-state index is 0.122. The van der Waals surface area contributed by atoms with Crippen LogP contribution in [0.5, 0.6) is 6.01 Å². The van der Waals surface area contributed by atoms with Crippen LogP contribution in [0, 0.1) is 0 Å². The maximum Gasteiger partial charge on any atom is 0.317 e. The highest BCUT2D eigenvalue weighted by Gasteiger charge is 2.14. The molecule has 0 aromatic carbocycles. The smallest absolute Gasteiger partial charge is 0.317 e. The van der Waals surface area contributed by atoms with Crippen molar-refractivity contribution in [1.82, 2.24) is 14.8 Å². The lowest BCUT2D eigenvalue weighted by Gasteiger charge is -2.10. The van der Waals surface area contributed by atoms with Gasteiger partial charge in [-0.15, -0.1) is 5.10 Å². The van der Waals surface area contributed by atoms with E-state index in [-0.39, 0.29) is 6.04 Å². The number of aldehydes is 1. The van der Waals surface area contributed by atoms with Crippen LogP contribution in [-0.4, -0.2) is 27.7 Å². The molecule has 0 bridgehead atoms. The Kier molecular flexibility index (Phi) is 3.00. The van der Waals surface area contributed by atoms with E-state index < -0.39 is 0 Å². The monoisotopic (exact) mass is 183 g/mol. The average molecular weight is 183 g/mol. The Morgan fingerprint density at radius 3 is 2.69 bits per heavy atom. The van der Waals surface area contributed by atoms with E-state index in [1.54, 1.807) is 4.57 Å². The van der Waals surface area contributed by atoms with E-state index in [2.05, 4.69) is 10.2 Å². The summed E-state index contributed by atoms with van der Waals surface area (Å²) in [5, 5.41) is 7.45. The second-order valence-electron chi connectivity index (χ2n) is 2.86. The summed E-state index contributed by atoms with van der Waals surface area (Å²) >= 11 is 0. The number of aromatic nitrogens is 3. The first-order chi connectivity index (χ1) is 6.20. The molecule has 5 nitrogen and oxygen atoms in total. The topological polar surface area (TPSA) is 57.0 Å². The van der Waals surface area contributed by atoms with Crippen LogP contribution in [0.1, 0.15) is 37.4 Å². The Hall–Kier alpha value is -1.39. The molecule has 1 aromatic heterocycles. The van der Waals surface area contributed by atoms with Crippen molar-refractivity contribution in [1.29, 1.82) is 0 Å². The lowest BCUT2D eigenvalue weighted by atomic mass is 10.4. The van der Waals surface area contributed by atoms with Crippen molar-refractivity contribution in [2.45, 2.75) is 26.8 Å². The highest BCUT2D eigenvalue weighted by atomic mass is 16.5. The molecular formula is C8H13N3O2. The largest absolute Gasteiger partial charge is 0.464 e. The fraction of sp³-hybridized carbons (Fsp3) is 0.625. The molecule has 13 heavy (non-hydrogen) atoms. The van der Waals surface area contributed by atoms with E-state index in [4.69, 9.17) is 4.74 Å². The van der Waals surface area contributed by atoms with Crippen LogP contribution < -0.4 is 4.74 Å². The number of carbonyl (C=O) groups is 1. The summed E-state index contributed by atoms with van der Waals surface area (Å²) < 4.78 is 6.87. The number of hydrogen-bond donors (Lipinski definition) is 0. The molecule has 0 saturated carbocycles. The van der Waals surface area contributed by atoms with Crippen LogP contribution in [0.15, 0.2) is 0 Å². The number of carbonyl (C=O) groups excluding carboxylic acids is 1. The molecule has 0 radical (unpaired) electrons. The molecule has 0 aliphatic rings. The molecule has 0 spiro atoms. The molecule has 1 rings (SSSR count). The molecule has 0 aliphatic heterocycles. The van der Waals surface area contributed by atoms with Gasteiger partial charge in [-0.1, -0.05) is 5.10 Å². The summed E-state index contributed by atoms with van der Waals surface area (Å²) in [5.41, 5.74) is 0. The van der Waals surface area contributed by atoms with Crippen molar-refractivity contribution in [3.05, 3.63) is 5.82 Å². The van der Waals surface area contributed by atoms with Crippen molar-refractivity contribution in [2.75, 3.05) is 6.61 Å². The van der Waals surface area contributed by atoms with Crippen molar-refractivity contribution in [3.8, 4) is 6.01 Å². The molecule has 0 unspecified atom stereocenters. The SMILES string of the molecule is CCOc1nnc(C=O)n1C(C)C. The number of ether oxygens (including phenoxy) is 1. The van der Waals surface area contributed by atoms with Crippen molar-refractivity contribution < 1.29 is 9.53 Å². The molecular weight excluding hydrogens is 170 g/mol. The third-order valence-corrected chi connectivity index (χ3v) is 1.59. The van der Waals surface area contributed by atoms with Gasteiger partial charge in [-0.05, 0) is 20.8 Å². The molecule has 0 saturated heterocycles. The third kappa shape index (κ3) is 1.85. The summed E-state index contributed by atoms with van der Waals surface area (Å²) in [6.07, 6.45) is 0.676. The normalized spacial score (nSPS) is 10.5. The fourth-order valence-corrected chi connectivity index (χ4v) is 1.08. The number of rotatable bonds is 4. The minimum Gasteiger partial charge on any atom is -0.464 e. The van der Waals surface area contributed by atoms with E-state index in [9.17, 15) is 4.79 Å². The molecule has 0 N–H and O–H groups in total. The zero-order valence-corrected chi connectivity index (χ0v) is 8.02. The van der Waals surface area contributed by atoms with Crippen LogP contribution in [0.4, 0.5) is 0 Å². The first-order valence-corrected chi connectivity index (χ1v) is 4.23. The van der Waals surface area contributed by atoms with Crippen LogP contribution in [0.3, 0.4) is 0 Å². The second kappa shape index (κ2) is 4.02. The van der Waals surface area contributed by atoms with Gasteiger partial charge in [0.25, 0.3) is 0 Å². The van der Waals surface area contributed by atoms with E-state index in [0.717, 1.165) is 0 Å². The summed E-state index contributed by atoms with van der Waals surface area (Å²) in [5.74, 6) is 0.304. The summed E-state index contributed by atoms with van der Waals surface area (Å²) in [6.45, 7) is 6.27. The maximum atomic E-state index is 10.6. The lowest BCUT2D eigenvalue weighted by molar-refractivity contribution is 0.110. The molecule has 72 valence electrons. The third-order valence-electron chi connectivity index (χ3n) is 1.59. The van der Waals surface area contributed by atoms with Gasteiger partial charge in [0.15, 0.2) is 12.1 Å². The summed E-state index contributed by atoms with van der Waals surface area (Å²) in [7, 11) is 0. The standard InChI is InChI=1S/C8H13N3O2/c1-4-13-8-10-9-7(5-12)11(8)6(2)3/h5-6H,4H2,1-3H3. The van der Waals surface area contributed by atoms with Crippen molar-refractivity contribution in [3.63, 3.8) is 0 Å². The fourth-order valence-electron chi connectivity index (χ4n) is 1.08. The highest BCUT2D eigenvalue weighted by Crippen LogP contribution is 2.16. The lowest BCUT2D eigenvalue weighted by Crippen LogP contribution is -2.08. The molecule has 1 heterocycles. The van der Waals surface area contributed by atoms with E-state index in [1.165, 1.54) is 0 Å². The summed E-state index contributed by atoms with van der Waals surface area (Å²) in [6, 6.07) is 0.524. The Balaban J connectivity index is 3.06. The quantitative estimate of drug-likeness (QED) is 0.655. The van der Waals surface area contributed by atoms with Crippen LogP contribution in [0.2, 0.25) is 0 Å². The van der Waals surface area contributed by atoms with Crippen LogP contribution in [-0.2, 0) is 0 Å². The Labute approximate surface area is 76.7 Å². The van der Waals surface area contributed by atoms with Crippen molar-refractivity contribution in [2.24, 2.45) is 0 Å². The van der Waals surface area contributed by atoms with Crippen LogP contribution >= 0.6 is 0 Å². The maximum absolute atomic E-state index is 10.6. The van der Waals surface area contributed by atoms with Gasteiger partial charge in [0.1, 0.15) is 0 Å². The van der Waals surface area contributed by atoms with Gasteiger partial charge in [-0.3, -0.25) is 9.36 Å². The molecule has 0 amide bonds. The predicted molar refractivity (Wildman–Crippen MR) is 47.0 cm³/mol. The number of hydrogen-bond acceptors (Lipinski definition) is 4. The zero-order valence-electron chi connectivity index (χ0n) is 8.02. The predicted octanol–water partition coefficient (Wildman–Crippen LogP) is 1.07. The molecule has 1 aromatic rings. The van der Waals surface area contributed by atoms with Crippen molar-refractivity contribution >= 4 is 6.29 Å². The van der Waals surface area contributed by atoms with Crippen LogP contribution in [0.25, 0.3) is 0 Å². The second-order valence-corrected chi connectivity index (χ2v) is 2.86. The van der Waals surface area contributed by atoms with Gasteiger partial charge in [-0.2, -0.15) is 0 Å². The minimum atomic E-state index is 0.122. The van der Waals surface area contributed by atoms with Gasteiger partial charge in [0, 0.05) is 6.04 Å². The first-order valence-electron chi connectivity index (χ1n) is 4.23. The summed E-state index contributed by atoms with van der Waals surface area (Å²) in [4.78, 5) is 10.6. The molecule has 0 aliphatic carbocycles.